The zero-order valence-electron chi connectivity index (χ0n) is 11.1. The number of esters is 1. The minimum Gasteiger partial charge on any atom is -0.508 e. The molecule has 0 aliphatic rings. The van der Waals surface area contributed by atoms with Crippen LogP contribution in [0.25, 0.3) is 0 Å². The molecule has 100 valence electrons. The van der Waals surface area contributed by atoms with E-state index in [2.05, 4.69) is 0 Å². The molecule has 0 saturated heterocycles. The average Bonchev–Trinajstić information content (AvgIpc) is 2.28. The standard InChI is InChI=1S/C14H20O4/c1-4-17-14(16)13(18-10(2)3)9-11-6-5-7-12(15)8-11/h5-8,10,13,15H,4,9H2,1-3H3/t13-/m1/s1. The lowest BCUT2D eigenvalue weighted by Gasteiger charge is -2.19. The van der Waals surface area contributed by atoms with Gasteiger partial charge in [-0.3, -0.25) is 0 Å². The van der Waals surface area contributed by atoms with Gasteiger partial charge in [0.2, 0.25) is 0 Å². The number of aromatic hydroxyl groups is 1. The maximum Gasteiger partial charge on any atom is 0.335 e. The van der Waals surface area contributed by atoms with E-state index in [0.29, 0.717) is 13.0 Å². The van der Waals surface area contributed by atoms with E-state index in [-0.39, 0.29) is 17.8 Å². The van der Waals surface area contributed by atoms with E-state index in [0.717, 1.165) is 5.56 Å². The van der Waals surface area contributed by atoms with Crippen LogP contribution in [0.4, 0.5) is 0 Å². The summed E-state index contributed by atoms with van der Waals surface area (Å²) in [5, 5.41) is 9.39. The maximum absolute atomic E-state index is 11.8. The number of rotatable bonds is 6. The lowest BCUT2D eigenvalue weighted by Crippen LogP contribution is -2.31. The Balaban J connectivity index is 2.74. The molecule has 4 nitrogen and oxygen atoms in total. The summed E-state index contributed by atoms with van der Waals surface area (Å²) in [5.41, 5.74) is 0.841. The van der Waals surface area contributed by atoms with Gasteiger partial charge in [-0.25, -0.2) is 4.79 Å². The molecule has 1 N–H and O–H groups in total. The number of benzene rings is 1. The van der Waals surface area contributed by atoms with Crippen molar-refractivity contribution in [3.05, 3.63) is 29.8 Å². The average molecular weight is 252 g/mol. The fraction of sp³-hybridized carbons (Fsp3) is 0.500. The molecule has 0 spiro atoms. The first kappa shape index (κ1) is 14.5. The number of hydrogen-bond donors (Lipinski definition) is 1. The van der Waals surface area contributed by atoms with Gasteiger partial charge in [-0.1, -0.05) is 12.1 Å². The van der Waals surface area contributed by atoms with E-state index >= 15 is 0 Å². The number of phenols is 1. The summed E-state index contributed by atoms with van der Waals surface area (Å²) in [7, 11) is 0. The summed E-state index contributed by atoms with van der Waals surface area (Å²) in [5.74, 6) is -0.186. The summed E-state index contributed by atoms with van der Waals surface area (Å²) in [6, 6.07) is 6.79. The van der Waals surface area contributed by atoms with E-state index in [1.54, 1.807) is 25.1 Å². The molecule has 0 radical (unpaired) electrons. The van der Waals surface area contributed by atoms with Gasteiger partial charge in [-0.15, -0.1) is 0 Å². The first-order chi connectivity index (χ1) is 8.52. The Bertz CT molecular complexity index is 387. The van der Waals surface area contributed by atoms with Crippen LogP contribution in [0.5, 0.6) is 5.75 Å². The van der Waals surface area contributed by atoms with Crippen molar-refractivity contribution in [2.45, 2.75) is 39.4 Å². The van der Waals surface area contributed by atoms with Crippen molar-refractivity contribution in [1.82, 2.24) is 0 Å². The van der Waals surface area contributed by atoms with Gasteiger partial charge in [0.15, 0.2) is 6.10 Å². The zero-order chi connectivity index (χ0) is 13.5. The Morgan fingerprint density at radius 2 is 2.11 bits per heavy atom. The van der Waals surface area contributed by atoms with Crippen molar-refractivity contribution in [2.75, 3.05) is 6.61 Å². The van der Waals surface area contributed by atoms with Gasteiger partial charge < -0.3 is 14.6 Å². The molecule has 0 unspecified atom stereocenters. The molecule has 1 aromatic rings. The topological polar surface area (TPSA) is 55.8 Å². The fourth-order valence-corrected chi connectivity index (χ4v) is 1.65. The highest BCUT2D eigenvalue weighted by atomic mass is 16.6. The molecule has 18 heavy (non-hydrogen) atoms. The third-order valence-electron chi connectivity index (χ3n) is 2.32. The molecule has 0 fully saturated rings. The van der Waals surface area contributed by atoms with Gasteiger partial charge >= 0.3 is 5.97 Å². The molecule has 0 saturated carbocycles. The van der Waals surface area contributed by atoms with E-state index in [9.17, 15) is 9.90 Å². The van der Waals surface area contributed by atoms with Crippen molar-refractivity contribution >= 4 is 5.97 Å². The normalized spacial score (nSPS) is 12.4. The molecule has 1 atom stereocenters. The largest absolute Gasteiger partial charge is 0.508 e. The predicted octanol–water partition coefficient (Wildman–Crippen LogP) is 2.29. The fourth-order valence-electron chi connectivity index (χ4n) is 1.65. The number of ether oxygens (including phenoxy) is 2. The minimum atomic E-state index is -0.633. The second-order valence-electron chi connectivity index (χ2n) is 4.30. The van der Waals surface area contributed by atoms with Crippen molar-refractivity contribution in [2.24, 2.45) is 0 Å². The SMILES string of the molecule is CCOC(=O)[C@@H](Cc1cccc(O)c1)OC(C)C. The molecule has 0 aromatic heterocycles. The smallest absolute Gasteiger partial charge is 0.335 e. The maximum atomic E-state index is 11.8. The first-order valence-electron chi connectivity index (χ1n) is 6.13. The molecule has 0 aliphatic carbocycles. The Kier molecular flexibility index (Phi) is 5.65. The van der Waals surface area contributed by atoms with E-state index in [1.165, 1.54) is 0 Å². The Hall–Kier alpha value is -1.55. The van der Waals surface area contributed by atoms with Gasteiger partial charge in [0.25, 0.3) is 0 Å². The molecule has 1 rings (SSSR count). The van der Waals surface area contributed by atoms with Crippen LogP contribution in [-0.2, 0) is 20.7 Å². The monoisotopic (exact) mass is 252 g/mol. The number of hydrogen-bond acceptors (Lipinski definition) is 4. The second kappa shape index (κ2) is 7.01. The molecule has 1 aromatic carbocycles. The second-order valence-corrected chi connectivity index (χ2v) is 4.30. The lowest BCUT2D eigenvalue weighted by atomic mass is 10.1. The van der Waals surface area contributed by atoms with E-state index in [1.807, 2.05) is 19.9 Å². The number of carbonyl (C=O) groups excluding carboxylic acids is 1. The first-order valence-corrected chi connectivity index (χ1v) is 6.13. The molecule has 0 aliphatic heterocycles. The summed E-state index contributed by atoms with van der Waals surface area (Å²) in [6.45, 7) is 5.83. The predicted molar refractivity (Wildman–Crippen MR) is 68.5 cm³/mol. The lowest BCUT2D eigenvalue weighted by molar-refractivity contribution is -0.159. The van der Waals surface area contributed by atoms with Crippen LogP contribution in [0, 0.1) is 0 Å². The molecule has 0 amide bonds. The van der Waals surface area contributed by atoms with Crippen LogP contribution in [0.15, 0.2) is 24.3 Å². The summed E-state index contributed by atoms with van der Waals surface area (Å²) in [4.78, 5) is 11.8. The summed E-state index contributed by atoms with van der Waals surface area (Å²) < 4.78 is 10.5. The number of carbonyl (C=O) groups is 1. The van der Waals surface area contributed by atoms with Crippen molar-refractivity contribution in [3.8, 4) is 5.75 Å². The van der Waals surface area contributed by atoms with Gasteiger partial charge in [0.1, 0.15) is 5.75 Å². The van der Waals surface area contributed by atoms with Crippen molar-refractivity contribution in [1.29, 1.82) is 0 Å². The summed E-state index contributed by atoms with van der Waals surface area (Å²) >= 11 is 0. The highest BCUT2D eigenvalue weighted by Gasteiger charge is 2.22. The Labute approximate surface area is 108 Å². The van der Waals surface area contributed by atoms with Crippen molar-refractivity contribution < 1.29 is 19.4 Å². The van der Waals surface area contributed by atoms with Crippen LogP contribution < -0.4 is 0 Å². The van der Waals surface area contributed by atoms with E-state index in [4.69, 9.17) is 9.47 Å². The molecule has 4 heteroatoms. The number of phenolic OH excluding ortho intramolecular Hbond substituents is 1. The van der Waals surface area contributed by atoms with Gasteiger partial charge in [0.05, 0.1) is 12.7 Å². The quantitative estimate of drug-likeness (QED) is 0.789. The van der Waals surface area contributed by atoms with Crippen molar-refractivity contribution in [3.63, 3.8) is 0 Å². The molecular formula is C14H20O4. The Morgan fingerprint density at radius 1 is 1.39 bits per heavy atom. The van der Waals surface area contributed by atoms with Crippen LogP contribution in [-0.4, -0.2) is 29.9 Å². The van der Waals surface area contributed by atoms with E-state index < -0.39 is 6.10 Å². The Morgan fingerprint density at radius 3 is 2.67 bits per heavy atom. The van der Waals surface area contributed by atoms with Crippen LogP contribution in [0.2, 0.25) is 0 Å². The molecule has 0 heterocycles. The highest BCUT2D eigenvalue weighted by molar-refractivity contribution is 5.75. The van der Waals surface area contributed by atoms with Gasteiger partial charge in [0, 0.05) is 6.42 Å². The summed E-state index contributed by atoms with van der Waals surface area (Å²) in [6.07, 6.45) is -0.297. The highest BCUT2D eigenvalue weighted by Crippen LogP contribution is 2.15. The minimum absolute atomic E-state index is 0.0586. The molecular weight excluding hydrogens is 232 g/mol. The van der Waals surface area contributed by atoms with Crippen LogP contribution in [0.1, 0.15) is 26.3 Å². The van der Waals surface area contributed by atoms with Crippen LogP contribution >= 0.6 is 0 Å². The third kappa shape index (κ3) is 4.75. The molecule has 0 bridgehead atoms. The van der Waals surface area contributed by atoms with Gasteiger partial charge in [-0.05, 0) is 38.5 Å². The third-order valence-corrected chi connectivity index (χ3v) is 2.32. The van der Waals surface area contributed by atoms with Gasteiger partial charge in [-0.2, -0.15) is 0 Å². The van der Waals surface area contributed by atoms with Crippen LogP contribution in [0.3, 0.4) is 0 Å². The zero-order valence-corrected chi connectivity index (χ0v) is 11.1.